The molecular weight excluding hydrogens is 352 g/mol. The molecule has 0 bridgehead atoms. The van der Waals surface area contributed by atoms with E-state index < -0.39 is 36.7 Å². The zero-order chi connectivity index (χ0) is 18.4. The summed E-state index contributed by atoms with van der Waals surface area (Å²) in [4.78, 5) is 19.4. The number of nitrogens with zero attached hydrogens (tertiary/aromatic N) is 4. The van der Waals surface area contributed by atoms with Crippen LogP contribution in [0.3, 0.4) is 0 Å². The van der Waals surface area contributed by atoms with Gasteiger partial charge in [0.15, 0.2) is 0 Å². The van der Waals surface area contributed by atoms with E-state index in [0.29, 0.717) is 10.6 Å². The number of likely N-dealkylation sites (N-methyl/N-ethyl adjacent to an activating group) is 1. The number of fused-ring (bicyclic) bond motifs is 1. The fourth-order valence-corrected chi connectivity index (χ4v) is 4.33. The highest BCUT2D eigenvalue weighted by Gasteiger charge is 2.69. The summed E-state index contributed by atoms with van der Waals surface area (Å²) in [5.41, 5.74) is -1.17. The summed E-state index contributed by atoms with van der Waals surface area (Å²) in [5.74, 6) is 0. The van der Waals surface area contributed by atoms with E-state index in [1.165, 1.54) is 11.6 Å². The Morgan fingerprint density at radius 2 is 1.84 bits per heavy atom. The van der Waals surface area contributed by atoms with Crippen molar-refractivity contribution >= 4 is 23.2 Å². The van der Waals surface area contributed by atoms with Crippen LogP contribution in [0, 0.1) is 25.4 Å². The highest BCUT2D eigenvalue weighted by atomic mass is 32.2. The van der Waals surface area contributed by atoms with Crippen LogP contribution in [0.15, 0.2) is 58.8 Å². The zero-order valence-electron chi connectivity index (χ0n) is 12.7. The van der Waals surface area contributed by atoms with Crippen molar-refractivity contribution in [1.82, 2.24) is 0 Å². The summed E-state index contributed by atoms with van der Waals surface area (Å²) in [7, 11) is 1.52. The summed E-state index contributed by atoms with van der Waals surface area (Å²) < 4.78 is 1.45. The Morgan fingerprint density at radius 1 is 1.12 bits per heavy atom. The molecule has 128 valence electrons. The molecule has 0 saturated carbocycles. The van der Waals surface area contributed by atoms with Crippen LogP contribution in [0.4, 0.5) is 0 Å². The molecule has 1 heterocycles. The maximum absolute atomic E-state index is 11.7. The summed E-state index contributed by atoms with van der Waals surface area (Å²) in [6.07, 6.45) is 10.3. The fourth-order valence-electron chi connectivity index (χ4n) is 2.85. The minimum Gasteiger partial charge on any atom is -0.417 e. The van der Waals surface area contributed by atoms with Gasteiger partial charge in [-0.25, -0.2) is 0 Å². The first-order valence-electron chi connectivity index (χ1n) is 6.90. The molecule has 25 heavy (non-hydrogen) atoms. The second-order valence-corrected chi connectivity index (χ2v) is 6.47. The van der Waals surface area contributed by atoms with E-state index in [1.807, 2.05) is 0 Å². The average molecular weight is 363 g/mol. The highest BCUT2D eigenvalue weighted by Crippen LogP contribution is 2.48. The SMILES string of the molecule is C[N+]1=C2C=CC=CC=C2S[C@]12C([N+](=O)[O-])=CC([N+](=O)[O-])=CC2=[N+]([O-])O. The topological polar surface area (TPSA) is 136 Å². The molecule has 0 unspecified atom stereocenters. The second kappa shape index (κ2) is 5.70. The number of thioether (sulfide) groups is 1. The number of rotatable bonds is 2. The van der Waals surface area contributed by atoms with Gasteiger partial charge in [-0.05, 0) is 17.8 Å². The molecule has 0 amide bonds. The van der Waals surface area contributed by atoms with Gasteiger partial charge in [0.1, 0.15) is 7.05 Å². The second-order valence-electron chi connectivity index (χ2n) is 5.24. The Kier molecular flexibility index (Phi) is 3.80. The molecule has 0 aromatic heterocycles. The van der Waals surface area contributed by atoms with Crippen LogP contribution >= 0.6 is 11.8 Å². The third-order valence-electron chi connectivity index (χ3n) is 3.94. The molecule has 10 nitrogen and oxygen atoms in total. The molecule has 11 heteroatoms. The maximum Gasteiger partial charge on any atom is 0.393 e. The minimum absolute atomic E-state index is 0.514. The monoisotopic (exact) mass is 363 g/mol. The molecular formula is C14H11N4O6S+. The van der Waals surface area contributed by atoms with E-state index in [-0.39, 0.29) is 0 Å². The molecule has 1 aliphatic heterocycles. The summed E-state index contributed by atoms with van der Waals surface area (Å²) in [6, 6.07) is 0. The van der Waals surface area contributed by atoms with E-state index in [4.69, 9.17) is 0 Å². The average Bonchev–Trinajstić information content (AvgIpc) is 2.71. The molecule has 0 fully saturated rings. The van der Waals surface area contributed by atoms with Crippen molar-refractivity contribution < 1.29 is 24.5 Å². The number of hydrogen-bond acceptors (Lipinski definition) is 7. The Morgan fingerprint density at radius 3 is 2.44 bits per heavy atom. The maximum atomic E-state index is 11.7. The quantitative estimate of drug-likeness (QED) is 0.256. The Labute approximate surface area is 144 Å². The van der Waals surface area contributed by atoms with Gasteiger partial charge in [-0.15, -0.1) is 0 Å². The lowest BCUT2D eigenvalue weighted by molar-refractivity contribution is -0.732. The van der Waals surface area contributed by atoms with Gasteiger partial charge in [0, 0.05) is 11.0 Å². The molecule has 3 aliphatic rings. The number of hydrogen-bond donors (Lipinski definition) is 1. The third kappa shape index (κ3) is 2.36. The van der Waals surface area contributed by atoms with Crippen molar-refractivity contribution in [2.45, 2.75) is 4.87 Å². The molecule has 3 rings (SSSR count). The van der Waals surface area contributed by atoms with Crippen molar-refractivity contribution in [3.8, 4) is 0 Å². The largest absolute Gasteiger partial charge is 0.417 e. The van der Waals surface area contributed by atoms with E-state index >= 15 is 0 Å². The van der Waals surface area contributed by atoms with Gasteiger partial charge in [0.25, 0.3) is 5.70 Å². The Bertz CT molecular complexity index is 920. The van der Waals surface area contributed by atoms with Gasteiger partial charge >= 0.3 is 16.3 Å². The van der Waals surface area contributed by atoms with E-state index in [0.717, 1.165) is 23.9 Å². The molecule has 0 aromatic rings. The summed E-state index contributed by atoms with van der Waals surface area (Å²) in [5, 5.41) is 44.0. The highest BCUT2D eigenvalue weighted by molar-refractivity contribution is 8.06. The number of nitro groups is 2. The van der Waals surface area contributed by atoms with Gasteiger partial charge in [-0.1, -0.05) is 18.2 Å². The van der Waals surface area contributed by atoms with Crippen molar-refractivity contribution in [3.05, 3.63) is 84.3 Å². The molecule has 1 N–H and O–H groups in total. The fraction of sp³-hybridized carbons (Fsp3) is 0.143. The lowest BCUT2D eigenvalue weighted by Gasteiger charge is -2.20. The Balaban J connectivity index is 2.34. The minimum atomic E-state index is -1.73. The third-order valence-corrected chi connectivity index (χ3v) is 5.50. The first-order valence-corrected chi connectivity index (χ1v) is 7.72. The molecule has 1 atom stereocenters. The molecule has 2 aliphatic carbocycles. The van der Waals surface area contributed by atoms with E-state index in [1.54, 1.807) is 30.4 Å². The first kappa shape index (κ1) is 16.6. The standard InChI is InChI=1S/C14H11N4O6S/c1-15-10-5-3-2-4-6-11(10)25-14(15)12(17(21)22)7-9(16(19)20)8-13(14)18(23)24/h2-8H,1H3,(H,21,22)/q+1/t14-/m1/s1. The van der Waals surface area contributed by atoms with E-state index in [9.17, 15) is 30.6 Å². The van der Waals surface area contributed by atoms with Gasteiger partial charge < -0.3 is 5.21 Å². The van der Waals surface area contributed by atoms with Gasteiger partial charge in [-0.2, -0.15) is 4.58 Å². The molecule has 1 spiro atoms. The smallest absolute Gasteiger partial charge is 0.393 e. The van der Waals surface area contributed by atoms with Crippen LogP contribution in [0.2, 0.25) is 0 Å². The van der Waals surface area contributed by atoms with Crippen LogP contribution in [0.1, 0.15) is 0 Å². The first-order chi connectivity index (χ1) is 11.8. The van der Waals surface area contributed by atoms with Gasteiger partial charge in [0.05, 0.1) is 26.9 Å². The van der Waals surface area contributed by atoms with Crippen LogP contribution < -0.4 is 0 Å². The van der Waals surface area contributed by atoms with Gasteiger partial charge in [-0.3, -0.25) is 25.4 Å². The molecule has 0 saturated heterocycles. The number of allylic oxidation sites excluding steroid dienone is 7. The summed E-state index contributed by atoms with van der Waals surface area (Å²) >= 11 is 0.958. The Hall–Kier alpha value is -3.21. The van der Waals surface area contributed by atoms with Crippen molar-refractivity contribution in [2.75, 3.05) is 7.05 Å². The van der Waals surface area contributed by atoms with Crippen molar-refractivity contribution in [3.63, 3.8) is 0 Å². The lowest BCUT2D eigenvalue weighted by Crippen LogP contribution is -2.51. The van der Waals surface area contributed by atoms with Crippen molar-refractivity contribution in [2.24, 2.45) is 0 Å². The van der Waals surface area contributed by atoms with Crippen LogP contribution in [-0.4, -0.2) is 47.9 Å². The lowest BCUT2D eigenvalue weighted by atomic mass is 9.99. The van der Waals surface area contributed by atoms with Crippen LogP contribution in [0.25, 0.3) is 0 Å². The van der Waals surface area contributed by atoms with Crippen LogP contribution in [0.5, 0.6) is 0 Å². The van der Waals surface area contributed by atoms with E-state index in [2.05, 4.69) is 0 Å². The predicted octanol–water partition coefficient (Wildman–Crippen LogP) is 1.20. The zero-order valence-corrected chi connectivity index (χ0v) is 13.5. The molecule has 0 aromatic carbocycles. The normalized spacial score (nSPS) is 26.7. The molecule has 0 radical (unpaired) electrons. The van der Waals surface area contributed by atoms with Crippen molar-refractivity contribution in [1.29, 1.82) is 0 Å². The van der Waals surface area contributed by atoms with Crippen LogP contribution in [-0.2, 0) is 0 Å². The summed E-state index contributed by atoms with van der Waals surface area (Å²) in [6.45, 7) is 0. The van der Waals surface area contributed by atoms with Gasteiger partial charge in [0.2, 0.25) is 5.71 Å². The predicted molar refractivity (Wildman–Crippen MR) is 88.5 cm³/mol.